The van der Waals surface area contributed by atoms with E-state index in [9.17, 15) is 4.79 Å². The first-order valence-corrected chi connectivity index (χ1v) is 7.09. The van der Waals surface area contributed by atoms with E-state index in [1.165, 1.54) is 9.80 Å². The molecular weight excluding hydrogens is 264 g/mol. The first-order chi connectivity index (χ1) is 8.54. The van der Waals surface area contributed by atoms with Crippen LogP contribution >= 0.6 is 24.0 Å². The van der Waals surface area contributed by atoms with E-state index in [0.717, 1.165) is 5.56 Å². The summed E-state index contributed by atoms with van der Waals surface area (Å²) < 4.78 is 0. The van der Waals surface area contributed by atoms with E-state index >= 15 is 0 Å². The molecule has 5 heteroatoms. The zero-order chi connectivity index (χ0) is 13.3. The Morgan fingerprint density at radius 2 is 1.78 bits per heavy atom. The summed E-state index contributed by atoms with van der Waals surface area (Å²) in [6.07, 6.45) is 3.90. The zero-order valence-corrected chi connectivity index (χ0v) is 12.1. The van der Waals surface area contributed by atoms with Gasteiger partial charge in [-0.2, -0.15) is 0 Å². The number of hydrogen-bond acceptors (Lipinski definition) is 3. The molecule has 0 N–H and O–H groups in total. The van der Waals surface area contributed by atoms with Crippen LogP contribution in [0.1, 0.15) is 5.56 Å². The Kier molecular flexibility index (Phi) is 3.73. The maximum atomic E-state index is 12.0. The molecule has 0 spiro atoms. The van der Waals surface area contributed by atoms with Crippen molar-refractivity contribution in [2.24, 2.45) is 0 Å². The standard InChI is InChI=1S/C13H14N2OS2/c1-14-11(12(16)15(2)13(14)17)8-9-4-6-10(18-3)7-5-9/h4-8H,1-3H3/b11-8-. The molecule has 1 aromatic carbocycles. The van der Waals surface area contributed by atoms with Gasteiger partial charge in [-0.05, 0) is 42.2 Å². The molecule has 0 aliphatic carbocycles. The monoisotopic (exact) mass is 278 g/mol. The summed E-state index contributed by atoms with van der Waals surface area (Å²) in [6.45, 7) is 0. The lowest BCUT2D eigenvalue weighted by Crippen LogP contribution is -2.26. The lowest BCUT2D eigenvalue weighted by atomic mass is 10.2. The van der Waals surface area contributed by atoms with Crippen molar-refractivity contribution >= 4 is 41.1 Å². The molecule has 94 valence electrons. The molecule has 0 saturated carbocycles. The fraction of sp³-hybridized carbons (Fsp3) is 0.231. The number of benzene rings is 1. The number of amides is 1. The summed E-state index contributed by atoms with van der Waals surface area (Å²) in [5.41, 5.74) is 1.61. The Morgan fingerprint density at radius 1 is 1.17 bits per heavy atom. The molecule has 1 aliphatic heterocycles. The quantitative estimate of drug-likeness (QED) is 0.471. The van der Waals surface area contributed by atoms with Crippen LogP contribution < -0.4 is 0 Å². The molecule has 1 aliphatic rings. The maximum Gasteiger partial charge on any atom is 0.276 e. The van der Waals surface area contributed by atoms with E-state index < -0.39 is 0 Å². The Balaban J connectivity index is 2.32. The van der Waals surface area contributed by atoms with Crippen LogP contribution in [0.25, 0.3) is 6.08 Å². The molecule has 18 heavy (non-hydrogen) atoms. The highest BCUT2D eigenvalue weighted by molar-refractivity contribution is 7.98. The molecule has 0 unspecified atom stereocenters. The van der Waals surface area contributed by atoms with Crippen molar-refractivity contribution in [2.75, 3.05) is 20.4 Å². The molecule has 0 bridgehead atoms. The highest BCUT2D eigenvalue weighted by Crippen LogP contribution is 2.22. The number of thiocarbonyl (C=S) groups is 1. The fourth-order valence-corrected chi connectivity index (χ4v) is 2.34. The van der Waals surface area contributed by atoms with E-state index in [1.807, 2.05) is 43.6 Å². The van der Waals surface area contributed by atoms with Crippen LogP contribution in [0.2, 0.25) is 0 Å². The third-order valence-electron chi connectivity index (χ3n) is 2.88. The van der Waals surface area contributed by atoms with Crippen molar-refractivity contribution < 1.29 is 4.79 Å². The molecule has 3 nitrogen and oxygen atoms in total. The Bertz CT molecular complexity index is 522. The average molecular weight is 278 g/mol. The topological polar surface area (TPSA) is 23.6 Å². The number of carbonyl (C=O) groups is 1. The average Bonchev–Trinajstić information content (AvgIpc) is 2.57. The van der Waals surface area contributed by atoms with E-state index in [4.69, 9.17) is 12.2 Å². The summed E-state index contributed by atoms with van der Waals surface area (Å²) in [4.78, 5) is 16.4. The predicted octanol–water partition coefficient (Wildman–Crippen LogP) is 2.44. The number of nitrogens with zero attached hydrogens (tertiary/aromatic N) is 2. The van der Waals surface area contributed by atoms with Gasteiger partial charge in [-0.3, -0.25) is 9.69 Å². The van der Waals surface area contributed by atoms with Gasteiger partial charge in [-0.1, -0.05) is 12.1 Å². The zero-order valence-electron chi connectivity index (χ0n) is 10.5. The maximum absolute atomic E-state index is 12.0. The second-order valence-corrected chi connectivity index (χ2v) is 5.25. The van der Waals surface area contributed by atoms with Gasteiger partial charge in [0.15, 0.2) is 5.11 Å². The summed E-state index contributed by atoms with van der Waals surface area (Å²) in [7, 11) is 3.50. The molecule has 1 fully saturated rings. The number of carbonyl (C=O) groups excluding carboxylic acids is 1. The molecule has 1 heterocycles. The van der Waals surface area contributed by atoms with Crippen molar-refractivity contribution in [3.63, 3.8) is 0 Å². The van der Waals surface area contributed by atoms with Gasteiger partial charge in [0.25, 0.3) is 5.91 Å². The van der Waals surface area contributed by atoms with Gasteiger partial charge in [0, 0.05) is 19.0 Å². The summed E-state index contributed by atoms with van der Waals surface area (Å²) in [5, 5.41) is 0.534. The van der Waals surface area contributed by atoms with Gasteiger partial charge >= 0.3 is 0 Å². The number of likely N-dealkylation sites (N-methyl/N-ethyl adjacent to an activating group) is 2. The Hall–Kier alpha value is -1.33. The van der Waals surface area contributed by atoms with Crippen LogP contribution in [0, 0.1) is 0 Å². The van der Waals surface area contributed by atoms with Gasteiger partial charge < -0.3 is 4.90 Å². The first kappa shape index (κ1) is 13.1. The van der Waals surface area contributed by atoms with Crippen LogP contribution in [0.4, 0.5) is 0 Å². The van der Waals surface area contributed by atoms with Crippen LogP contribution in [0.5, 0.6) is 0 Å². The van der Waals surface area contributed by atoms with Crippen molar-refractivity contribution in [1.29, 1.82) is 0 Å². The summed E-state index contributed by atoms with van der Waals surface area (Å²) >= 11 is 6.86. The number of hydrogen-bond donors (Lipinski definition) is 0. The van der Waals surface area contributed by atoms with E-state index in [0.29, 0.717) is 10.8 Å². The molecule has 0 radical (unpaired) electrons. The van der Waals surface area contributed by atoms with Crippen LogP contribution in [-0.2, 0) is 4.79 Å². The second-order valence-electron chi connectivity index (χ2n) is 4.01. The van der Waals surface area contributed by atoms with Crippen LogP contribution in [0.3, 0.4) is 0 Å². The van der Waals surface area contributed by atoms with Crippen LogP contribution in [-0.4, -0.2) is 41.2 Å². The summed E-state index contributed by atoms with van der Waals surface area (Å²) in [6, 6.07) is 8.08. The van der Waals surface area contributed by atoms with Crippen molar-refractivity contribution in [1.82, 2.24) is 9.80 Å². The molecule has 2 rings (SSSR count). The molecule has 0 aromatic heterocycles. The second kappa shape index (κ2) is 5.12. The lowest BCUT2D eigenvalue weighted by Gasteiger charge is -2.11. The van der Waals surface area contributed by atoms with E-state index in [2.05, 4.69) is 0 Å². The highest BCUT2D eigenvalue weighted by atomic mass is 32.2. The van der Waals surface area contributed by atoms with Crippen molar-refractivity contribution in [2.45, 2.75) is 4.90 Å². The smallest absolute Gasteiger partial charge is 0.276 e. The normalized spacial score (nSPS) is 18.1. The molecule has 1 aromatic rings. The molecular formula is C13H14N2OS2. The van der Waals surface area contributed by atoms with Crippen molar-refractivity contribution in [3.8, 4) is 0 Å². The van der Waals surface area contributed by atoms with Gasteiger partial charge in [0.1, 0.15) is 5.70 Å². The van der Waals surface area contributed by atoms with Crippen molar-refractivity contribution in [3.05, 3.63) is 35.5 Å². The molecule has 1 amide bonds. The highest BCUT2D eigenvalue weighted by Gasteiger charge is 2.32. The third kappa shape index (κ3) is 2.28. The van der Waals surface area contributed by atoms with Crippen LogP contribution in [0.15, 0.2) is 34.9 Å². The Labute approximate surface area is 116 Å². The van der Waals surface area contributed by atoms with E-state index in [1.54, 1.807) is 23.7 Å². The number of rotatable bonds is 2. The molecule has 1 saturated heterocycles. The van der Waals surface area contributed by atoms with Gasteiger partial charge in [0.2, 0.25) is 0 Å². The Morgan fingerprint density at radius 3 is 2.22 bits per heavy atom. The van der Waals surface area contributed by atoms with Gasteiger partial charge in [-0.25, -0.2) is 0 Å². The minimum Gasteiger partial charge on any atom is -0.317 e. The molecule has 0 atom stereocenters. The summed E-state index contributed by atoms with van der Waals surface area (Å²) in [5.74, 6) is -0.0588. The first-order valence-electron chi connectivity index (χ1n) is 5.46. The predicted molar refractivity (Wildman–Crippen MR) is 79.3 cm³/mol. The van der Waals surface area contributed by atoms with E-state index in [-0.39, 0.29) is 5.91 Å². The minimum absolute atomic E-state index is 0.0588. The van der Waals surface area contributed by atoms with Gasteiger partial charge in [-0.15, -0.1) is 11.8 Å². The lowest BCUT2D eigenvalue weighted by molar-refractivity contribution is -0.121. The largest absolute Gasteiger partial charge is 0.317 e. The number of thioether (sulfide) groups is 1. The fourth-order valence-electron chi connectivity index (χ4n) is 1.75. The SMILES string of the molecule is CSc1ccc(/C=C2/C(=O)N(C)C(=S)N2C)cc1. The third-order valence-corrected chi connectivity index (χ3v) is 4.17. The van der Waals surface area contributed by atoms with Gasteiger partial charge in [0.05, 0.1) is 0 Å². The minimum atomic E-state index is -0.0588.